The molecule has 21 heavy (non-hydrogen) atoms. The van der Waals surface area contributed by atoms with Gasteiger partial charge in [-0.2, -0.15) is 0 Å². The fourth-order valence-corrected chi connectivity index (χ4v) is 2.94. The molecule has 110 valence electrons. The number of ether oxygens (including phenoxy) is 1. The molecule has 0 amide bonds. The van der Waals surface area contributed by atoms with Crippen LogP contribution in [0.4, 0.5) is 8.78 Å². The molecule has 0 saturated carbocycles. The van der Waals surface area contributed by atoms with Crippen LogP contribution in [0.1, 0.15) is 11.1 Å². The summed E-state index contributed by atoms with van der Waals surface area (Å²) in [6.07, 6.45) is 0.448. The third-order valence-corrected chi connectivity index (χ3v) is 4.16. The number of rotatable bonds is 4. The maximum absolute atomic E-state index is 14.3. The normalized spacial score (nSPS) is 16.3. The fraction of sp³-hybridized carbons (Fsp3) is 0.294. The Kier molecular flexibility index (Phi) is 3.64. The lowest BCUT2D eigenvalue weighted by atomic mass is 9.70. The molecule has 1 heterocycles. The van der Waals surface area contributed by atoms with Crippen molar-refractivity contribution in [3.8, 4) is 5.75 Å². The van der Waals surface area contributed by atoms with Gasteiger partial charge in [0, 0.05) is 18.5 Å². The Morgan fingerprint density at radius 3 is 2.48 bits per heavy atom. The minimum absolute atomic E-state index is 0.225. The summed E-state index contributed by atoms with van der Waals surface area (Å²) >= 11 is 0. The maximum Gasteiger partial charge on any atom is 0.168 e. The van der Waals surface area contributed by atoms with Gasteiger partial charge in [-0.1, -0.05) is 30.3 Å². The van der Waals surface area contributed by atoms with E-state index in [0.717, 1.165) is 0 Å². The standard InChI is InChI=1S/C17H17F2NO/c1-21-15-8-4-5-12(16(15)19)9-17(10-20-11-17)13-6-2-3-7-14(13)18/h2-8,20H,9-11H2,1H3. The van der Waals surface area contributed by atoms with Crippen molar-refractivity contribution >= 4 is 0 Å². The quantitative estimate of drug-likeness (QED) is 0.934. The first-order valence-corrected chi connectivity index (χ1v) is 6.93. The van der Waals surface area contributed by atoms with E-state index in [2.05, 4.69) is 5.32 Å². The topological polar surface area (TPSA) is 21.3 Å². The number of benzene rings is 2. The van der Waals surface area contributed by atoms with Crippen molar-refractivity contribution in [2.75, 3.05) is 20.2 Å². The third-order valence-electron chi connectivity index (χ3n) is 4.16. The molecule has 1 saturated heterocycles. The Bertz CT molecular complexity index is 653. The average Bonchev–Trinajstić information content (AvgIpc) is 2.45. The molecule has 0 radical (unpaired) electrons. The van der Waals surface area contributed by atoms with Crippen LogP contribution in [0.2, 0.25) is 0 Å². The van der Waals surface area contributed by atoms with Crippen molar-refractivity contribution in [1.29, 1.82) is 0 Å². The van der Waals surface area contributed by atoms with Crippen LogP contribution in [0.15, 0.2) is 42.5 Å². The van der Waals surface area contributed by atoms with Crippen LogP contribution in [0.5, 0.6) is 5.75 Å². The van der Waals surface area contributed by atoms with E-state index >= 15 is 0 Å². The lowest BCUT2D eigenvalue weighted by Gasteiger charge is -2.43. The summed E-state index contributed by atoms with van der Waals surface area (Å²) in [6, 6.07) is 11.8. The van der Waals surface area contributed by atoms with Crippen molar-refractivity contribution in [1.82, 2.24) is 5.32 Å². The summed E-state index contributed by atoms with van der Waals surface area (Å²) in [7, 11) is 1.44. The van der Waals surface area contributed by atoms with E-state index in [1.807, 2.05) is 6.07 Å². The van der Waals surface area contributed by atoms with Gasteiger partial charge in [-0.05, 0) is 29.7 Å². The van der Waals surface area contributed by atoms with Crippen molar-refractivity contribution in [2.24, 2.45) is 0 Å². The first-order chi connectivity index (χ1) is 10.2. The highest BCUT2D eigenvalue weighted by molar-refractivity contribution is 5.38. The highest BCUT2D eigenvalue weighted by atomic mass is 19.1. The van der Waals surface area contributed by atoms with Crippen LogP contribution in [-0.2, 0) is 11.8 Å². The molecule has 0 bridgehead atoms. The Morgan fingerprint density at radius 1 is 1.10 bits per heavy atom. The predicted molar refractivity (Wildman–Crippen MR) is 77.6 cm³/mol. The third kappa shape index (κ3) is 2.40. The van der Waals surface area contributed by atoms with Crippen molar-refractivity contribution < 1.29 is 13.5 Å². The molecule has 1 aliphatic rings. The molecular formula is C17H17F2NO. The predicted octanol–water partition coefficient (Wildman–Crippen LogP) is 3.06. The number of methoxy groups -OCH3 is 1. The molecule has 0 aliphatic carbocycles. The van der Waals surface area contributed by atoms with Crippen molar-refractivity contribution in [3.05, 3.63) is 65.2 Å². The van der Waals surface area contributed by atoms with Gasteiger partial charge in [0.05, 0.1) is 7.11 Å². The van der Waals surface area contributed by atoms with E-state index in [1.165, 1.54) is 13.2 Å². The molecule has 2 aromatic carbocycles. The molecule has 1 fully saturated rings. The molecule has 3 rings (SSSR count). The Balaban J connectivity index is 1.97. The zero-order valence-corrected chi connectivity index (χ0v) is 11.8. The van der Waals surface area contributed by atoms with Crippen LogP contribution in [0, 0.1) is 11.6 Å². The molecule has 0 spiro atoms. The maximum atomic E-state index is 14.3. The molecule has 2 nitrogen and oxygen atoms in total. The zero-order chi connectivity index (χ0) is 14.9. The first-order valence-electron chi connectivity index (χ1n) is 6.93. The number of hydrogen-bond donors (Lipinski definition) is 1. The molecule has 4 heteroatoms. The van der Waals surface area contributed by atoms with Crippen LogP contribution in [0.25, 0.3) is 0 Å². The second-order valence-electron chi connectivity index (χ2n) is 5.47. The molecule has 2 aromatic rings. The monoisotopic (exact) mass is 289 g/mol. The van der Waals surface area contributed by atoms with Gasteiger partial charge in [0.1, 0.15) is 5.82 Å². The van der Waals surface area contributed by atoms with Crippen LogP contribution in [-0.4, -0.2) is 20.2 Å². The summed E-state index contributed by atoms with van der Waals surface area (Å²) in [5.41, 5.74) is 0.809. The Hall–Kier alpha value is -1.94. The van der Waals surface area contributed by atoms with Gasteiger partial charge in [-0.25, -0.2) is 8.78 Å². The lowest BCUT2D eigenvalue weighted by molar-refractivity contribution is 0.262. The van der Waals surface area contributed by atoms with Gasteiger partial charge in [-0.3, -0.25) is 0 Å². The van der Waals surface area contributed by atoms with E-state index in [9.17, 15) is 8.78 Å². The van der Waals surface area contributed by atoms with E-state index < -0.39 is 5.41 Å². The van der Waals surface area contributed by atoms with Gasteiger partial charge < -0.3 is 10.1 Å². The minimum atomic E-state index is -0.390. The highest BCUT2D eigenvalue weighted by Gasteiger charge is 2.41. The lowest BCUT2D eigenvalue weighted by Crippen LogP contribution is -2.58. The van der Waals surface area contributed by atoms with Crippen molar-refractivity contribution in [3.63, 3.8) is 0 Å². The van der Waals surface area contributed by atoms with Crippen LogP contribution >= 0.6 is 0 Å². The van der Waals surface area contributed by atoms with E-state index in [-0.39, 0.29) is 17.4 Å². The first kappa shape index (κ1) is 14.0. The number of nitrogens with one attached hydrogen (secondary N) is 1. The fourth-order valence-electron chi connectivity index (χ4n) is 2.94. The van der Waals surface area contributed by atoms with E-state index in [1.54, 1.807) is 30.3 Å². The molecule has 0 unspecified atom stereocenters. The Labute approximate surface area is 122 Å². The Morgan fingerprint density at radius 2 is 1.86 bits per heavy atom. The summed E-state index contributed by atoms with van der Waals surface area (Å²) in [6.45, 7) is 1.29. The molecule has 1 N–H and O–H groups in total. The van der Waals surface area contributed by atoms with Crippen molar-refractivity contribution in [2.45, 2.75) is 11.8 Å². The molecular weight excluding hydrogens is 272 g/mol. The summed E-state index contributed by atoms with van der Waals surface area (Å²) in [5, 5.41) is 3.18. The number of hydrogen-bond acceptors (Lipinski definition) is 2. The van der Waals surface area contributed by atoms with Gasteiger partial charge >= 0.3 is 0 Å². The second kappa shape index (κ2) is 5.45. The molecule has 1 aliphatic heterocycles. The summed E-state index contributed by atoms with van der Waals surface area (Å²) in [4.78, 5) is 0. The van der Waals surface area contributed by atoms with Crippen LogP contribution in [0.3, 0.4) is 0 Å². The van der Waals surface area contributed by atoms with Gasteiger partial charge in [0.15, 0.2) is 11.6 Å². The zero-order valence-electron chi connectivity index (χ0n) is 11.8. The van der Waals surface area contributed by atoms with E-state index in [4.69, 9.17) is 4.74 Å². The minimum Gasteiger partial charge on any atom is -0.494 e. The molecule has 0 atom stereocenters. The molecule has 0 aromatic heterocycles. The smallest absolute Gasteiger partial charge is 0.168 e. The van der Waals surface area contributed by atoms with Gasteiger partial charge in [-0.15, -0.1) is 0 Å². The van der Waals surface area contributed by atoms with Gasteiger partial charge in [0.2, 0.25) is 0 Å². The highest BCUT2D eigenvalue weighted by Crippen LogP contribution is 2.35. The largest absolute Gasteiger partial charge is 0.494 e. The average molecular weight is 289 g/mol. The van der Waals surface area contributed by atoms with Gasteiger partial charge in [0.25, 0.3) is 0 Å². The van der Waals surface area contributed by atoms with Crippen LogP contribution < -0.4 is 10.1 Å². The second-order valence-corrected chi connectivity index (χ2v) is 5.47. The number of halogens is 2. The SMILES string of the molecule is COc1cccc(CC2(c3ccccc3F)CNC2)c1F. The van der Waals surface area contributed by atoms with E-state index in [0.29, 0.717) is 30.6 Å². The summed E-state index contributed by atoms with van der Waals surface area (Å²) < 4.78 is 33.5. The summed E-state index contributed by atoms with van der Waals surface area (Å²) in [5.74, 6) is -0.367.